The minimum absolute atomic E-state index is 0.00400. The Balaban J connectivity index is 1.09. The van der Waals surface area contributed by atoms with E-state index in [1.807, 2.05) is 83.8 Å². The van der Waals surface area contributed by atoms with Gasteiger partial charge in [0.25, 0.3) is 5.91 Å². The second-order valence-corrected chi connectivity index (χ2v) is 19.5. The van der Waals surface area contributed by atoms with Gasteiger partial charge in [-0.2, -0.15) is 0 Å². The zero-order valence-electron chi connectivity index (χ0n) is 30.5. The van der Waals surface area contributed by atoms with Crippen LogP contribution in [0.1, 0.15) is 41.3 Å². The molecule has 0 aromatic heterocycles. The number of anilines is 2. The molecule has 0 radical (unpaired) electrons. The fourth-order valence-electron chi connectivity index (χ4n) is 8.65. The number of nitrogens with zero attached hydrogens (tertiary/aromatic N) is 2. The van der Waals surface area contributed by atoms with Crippen molar-refractivity contribution in [1.29, 1.82) is 0 Å². The average Bonchev–Trinajstić information content (AvgIpc) is 3.64. The van der Waals surface area contributed by atoms with Crippen molar-refractivity contribution in [3.8, 4) is 5.75 Å². The highest BCUT2D eigenvalue weighted by Crippen LogP contribution is 2.47. The van der Waals surface area contributed by atoms with Crippen molar-refractivity contribution in [2.45, 2.75) is 63.6 Å². The molecule has 5 aromatic rings. The third kappa shape index (κ3) is 6.90. The molecule has 1 fully saturated rings. The molecule has 1 N–H and O–H groups in total. The van der Waals surface area contributed by atoms with Gasteiger partial charge in [-0.1, -0.05) is 104 Å². The molecule has 1 saturated heterocycles. The smallest absolute Gasteiger partial charge is 0.263 e. The number of carbonyl (C=O) groups excluding carboxylic acids is 2. The lowest BCUT2D eigenvalue weighted by molar-refractivity contribution is -0.135. The van der Waals surface area contributed by atoms with Gasteiger partial charge in [-0.05, 0) is 77.2 Å². The van der Waals surface area contributed by atoms with Crippen molar-refractivity contribution in [2.75, 3.05) is 25.2 Å². The van der Waals surface area contributed by atoms with E-state index in [1.165, 1.54) is 10.8 Å². The summed E-state index contributed by atoms with van der Waals surface area (Å²) in [4.78, 5) is 31.1. The lowest BCUT2D eigenvalue weighted by Crippen LogP contribution is -2.51. The van der Waals surface area contributed by atoms with Crippen LogP contribution in [0.4, 0.5) is 11.4 Å². The van der Waals surface area contributed by atoms with Gasteiger partial charge in [0.15, 0.2) is 0 Å². The van der Waals surface area contributed by atoms with E-state index < -0.39 is 8.07 Å². The maximum Gasteiger partial charge on any atom is 0.263 e. The number of benzene rings is 5. The third-order valence-electron chi connectivity index (χ3n) is 11.4. The highest BCUT2D eigenvalue weighted by Gasteiger charge is 2.51. The number of rotatable bonds is 13. The molecule has 2 heterocycles. The number of ether oxygens (including phenoxy) is 2. The summed E-state index contributed by atoms with van der Waals surface area (Å²) in [6.45, 7) is 7.73. The van der Waals surface area contributed by atoms with E-state index in [2.05, 4.69) is 56.4 Å². The van der Waals surface area contributed by atoms with Crippen LogP contribution in [0.2, 0.25) is 18.6 Å². The molecule has 0 bridgehead atoms. The van der Waals surface area contributed by atoms with Gasteiger partial charge < -0.3 is 19.5 Å². The summed E-state index contributed by atoms with van der Waals surface area (Å²) >= 11 is 0. The first-order valence-corrected chi connectivity index (χ1v) is 21.4. The van der Waals surface area contributed by atoms with Crippen molar-refractivity contribution in [3.05, 3.63) is 132 Å². The molecule has 5 aromatic carbocycles. The van der Waals surface area contributed by atoms with Crippen LogP contribution in [0.25, 0.3) is 10.8 Å². The summed E-state index contributed by atoms with van der Waals surface area (Å²) in [6, 6.07) is 38.7. The number of amides is 2. The number of aryl methyl sites for hydroxylation is 1. The van der Waals surface area contributed by atoms with Crippen molar-refractivity contribution in [3.63, 3.8) is 0 Å². The zero-order valence-corrected chi connectivity index (χ0v) is 31.5. The van der Waals surface area contributed by atoms with Crippen molar-refractivity contribution < 1.29 is 24.2 Å². The second-order valence-electron chi connectivity index (χ2n) is 14.8. The van der Waals surface area contributed by atoms with Gasteiger partial charge in [0.1, 0.15) is 5.75 Å². The molecule has 0 spiro atoms. The number of carbonyl (C=O) groups is 2. The fourth-order valence-corrected chi connectivity index (χ4v) is 12.7. The number of hydrogen-bond donors (Lipinski definition) is 1. The van der Waals surface area contributed by atoms with Crippen LogP contribution in [0.5, 0.6) is 5.75 Å². The van der Waals surface area contributed by atoms with Crippen molar-refractivity contribution in [1.82, 2.24) is 4.90 Å². The largest absolute Gasteiger partial charge is 0.497 e. The standard InChI is InChI=1S/C44H48N2O5Si/c1-30-39(25-18-31-16-19-34(20-17-31)46-38-15-9-13-33-12-8-14-37(42(33)38)44(46)49)51-40(43(30)52(3,4)36-23-21-35(50-2)22-24-36)28-41(48)45(26-27-47)29-32-10-6-5-7-11-32/h5-17,19-24,30,39-40,43,47H,18,25-29H2,1-4H3/t30-,39+,40-,43+/m1/s1. The first-order valence-electron chi connectivity index (χ1n) is 18.4. The third-order valence-corrected chi connectivity index (χ3v) is 15.7. The molecule has 0 unspecified atom stereocenters. The van der Waals surface area contributed by atoms with Gasteiger partial charge in [-0.3, -0.25) is 14.5 Å². The molecule has 268 valence electrons. The van der Waals surface area contributed by atoms with E-state index in [9.17, 15) is 14.7 Å². The normalized spacial score (nSPS) is 19.7. The molecule has 7 nitrogen and oxygen atoms in total. The first kappa shape index (κ1) is 35.6. The summed E-state index contributed by atoms with van der Waals surface area (Å²) in [5, 5.41) is 13.3. The van der Waals surface area contributed by atoms with E-state index in [-0.39, 0.29) is 55.1 Å². The Labute approximate surface area is 307 Å². The topological polar surface area (TPSA) is 79.3 Å². The summed E-state index contributed by atoms with van der Waals surface area (Å²) < 4.78 is 12.4. The molecule has 8 heteroatoms. The lowest BCUT2D eigenvalue weighted by Gasteiger charge is -2.36. The van der Waals surface area contributed by atoms with E-state index in [0.717, 1.165) is 51.9 Å². The van der Waals surface area contributed by atoms with Crippen LogP contribution < -0.4 is 14.8 Å². The Morgan fingerprint density at radius 3 is 2.27 bits per heavy atom. The number of hydrogen-bond acceptors (Lipinski definition) is 5. The van der Waals surface area contributed by atoms with E-state index in [1.54, 1.807) is 12.0 Å². The lowest BCUT2D eigenvalue weighted by atomic mass is 9.95. The van der Waals surface area contributed by atoms with Crippen LogP contribution in [-0.2, 0) is 22.5 Å². The highest BCUT2D eigenvalue weighted by atomic mass is 28.3. The van der Waals surface area contributed by atoms with Gasteiger partial charge in [-0.15, -0.1) is 0 Å². The van der Waals surface area contributed by atoms with Gasteiger partial charge in [0, 0.05) is 24.2 Å². The summed E-state index contributed by atoms with van der Waals surface area (Å²) in [5.41, 5.74) is 4.95. The first-order chi connectivity index (χ1) is 25.2. The Hall–Kier alpha value is -4.76. The monoisotopic (exact) mass is 712 g/mol. The van der Waals surface area contributed by atoms with Crippen LogP contribution in [0, 0.1) is 5.92 Å². The van der Waals surface area contributed by atoms with Crippen LogP contribution in [0.15, 0.2) is 115 Å². The maximum atomic E-state index is 14.0. The van der Waals surface area contributed by atoms with Crippen molar-refractivity contribution in [2.24, 2.45) is 5.92 Å². The van der Waals surface area contributed by atoms with Crippen LogP contribution in [0.3, 0.4) is 0 Å². The zero-order chi connectivity index (χ0) is 36.4. The highest BCUT2D eigenvalue weighted by molar-refractivity contribution is 6.91. The minimum Gasteiger partial charge on any atom is -0.497 e. The Kier molecular flexibility index (Phi) is 10.3. The van der Waals surface area contributed by atoms with Gasteiger partial charge in [0.05, 0.1) is 51.7 Å². The molecular formula is C44H48N2O5Si. The Morgan fingerprint density at radius 2 is 1.58 bits per heavy atom. The molecule has 52 heavy (non-hydrogen) atoms. The molecule has 0 aliphatic carbocycles. The van der Waals surface area contributed by atoms with Crippen LogP contribution >= 0.6 is 0 Å². The predicted octanol–water partition coefficient (Wildman–Crippen LogP) is 7.87. The van der Waals surface area contributed by atoms with Gasteiger partial charge in [-0.25, -0.2) is 0 Å². The Bertz CT molecular complexity index is 2030. The summed E-state index contributed by atoms with van der Waals surface area (Å²) in [7, 11) is -0.483. The average molecular weight is 713 g/mol. The SMILES string of the molecule is COc1ccc([Si](C)(C)[C@H]2[C@H](C)[C@H](CCc3ccc(N4C(=O)c5cccc6cccc4c56)cc3)O[C@@H]2CC(=O)N(CCO)Cc2ccccc2)cc1. The number of aliphatic hydroxyl groups excluding tert-OH is 1. The second kappa shape index (κ2) is 15.1. The summed E-state index contributed by atoms with van der Waals surface area (Å²) in [6.07, 6.45) is 1.67. The minimum atomic E-state index is -2.17. The molecule has 2 amide bonds. The van der Waals surface area contributed by atoms with E-state index in [4.69, 9.17) is 9.47 Å². The molecule has 2 aliphatic heterocycles. The van der Waals surface area contributed by atoms with Gasteiger partial charge in [0.2, 0.25) is 5.91 Å². The van der Waals surface area contributed by atoms with Gasteiger partial charge >= 0.3 is 0 Å². The van der Waals surface area contributed by atoms with Crippen LogP contribution in [-0.4, -0.2) is 62.4 Å². The summed E-state index contributed by atoms with van der Waals surface area (Å²) in [5.74, 6) is 1.08. The van der Waals surface area contributed by atoms with E-state index in [0.29, 0.717) is 6.54 Å². The fraction of sp³-hybridized carbons (Fsp3) is 0.318. The predicted molar refractivity (Wildman–Crippen MR) is 210 cm³/mol. The molecule has 2 aliphatic rings. The number of aliphatic hydroxyl groups is 1. The Morgan fingerprint density at radius 1 is 0.865 bits per heavy atom. The molecule has 0 saturated carbocycles. The van der Waals surface area contributed by atoms with Crippen molar-refractivity contribution >= 4 is 47.2 Å². The number of methoxy groups -OCH3 is 1. The maximum absolute atomic E-state index is 14.0. The van der Waals surface area contributed by atoms with E-state index >= 15 is 0 Å². The molecular weight excluding hydrogens is 665 g/mol. The molecule has 4 atom stereocenters. The quantitative estimate of drug-likeness (QED) is 0.126. The molecule has 7 rings (SSSR count).